The van der Waals surface area contributed by atoms with Crippen LogP contribution in [-0.2, 0) is 0 Å². The van der Waals surface area contributed by atoms with Gasteiger partial charge in [0.25, 0.3) is 0 Å². The molecule has 0 spiro atoms. The van der Waals surface area contributed by atoms with Gasteiger partial charge in [-0.05, 0) is 24.6 Å². The van der Waals surface area contributed by atoms with E-state index in [1.54, 1.807) is 6.07 Å². The molecule has 0 bridgehead atoms. The standard InChI is InChI=1S/C13H18FNO/c1-2-3-4-5-6-13(16)10-7-8-12(15)11(14)9-10/h7-9H,2-6,15H2,1H3. The fraction of sp³-hybridized carbons (Fsp3) is 0.462. The third kappa shape index (κ3) is 3.65. The van der Waals surface area contributed by atoms with Gasteiger partial charge in [-0.25, -0.2) is 4.39 Å². The first-order valence-electron chi connectivity index (χ1n) is 5.73. The largest absolute Gasteiger partial charge is 0.396 e. The Morgan fingerprint density at radius 3 is 2.69 bits per heavy atom. The van der Waals surface area contributed by atoms with Crippen LogP contribution in [0.1, 0.15) is 49.4 Å². The molecule has 3 heteroatoms. The molecule has 2 N–H and O–H groups in total. The first-order valence-corrected chi connectivity index (χ1v) is 5.73. The topological polar surface area (TPSA) is 43.1 Å². The Morgan fingerprint density at radius 1 is 1.31 bits per heavy atom. The van der Waals surface area contributed by atoms with E-state index < -0.39 is 5.82 Å². The lowest BCUT2D eigenvalue weighted by Gasteiger charge is -2.02. The van der Waals surface area contributed by atoms with Crippen LogP contribution >= 0.6 is 0 Å². The van der Waals surface area contributed by atoms with Gasteiger partial charge in [0.1, 0.15) is 5.82 Å². The van der Waals surface area contributed by atoms with Crippen molar-refractivity contribution in [2.45, 2.75) is 39.0 Å². The molecule has 88 valence electrons. The molecule has 1 aromatic carbocycles. The van der Waals surface area contributed by atoms with E-state index in [0.29, 0.717) is 12.0 Å². The minimum atomic E-state index is -0.514. The number of anilines is 1. The number of ketones is 1. The molecule has 1 rings (SSSR count). The molecule has 0 saturated carbocycles. The van der Waals surface area contributed by atoms with Gasteiger partial charge in [0, 0.05) is 12.0 Å². The van der Waals surface area contributed by atoms with Gasteiger partial charge < -0.3 is 5.73 Å². The van der Waals surface area contributed by atoms with Gasteiger partial charge in [-0.2, -0.15) is 0 Å². The van der Waals surface area contributed by atoms with Gasteiger partial charge >= 0.3 is 0 Å². The highest BCUT2D eigenvalue weighted by Crippen LogP contribution is 2.15. The summed E-state index contributed by atoms with van der Waals surface area (Å²) in [4.78, 5) is 11.7. The molecule has 0 fully saturated rings. The second-order valence-electron chi connectivity index (χ2n) is 3.97. The van der Waals surface area contributed by atoms with Crippen LogP contribution in [0.4, 0.5) is 10.1 Å². The van der Waals surface area contributed by atoms with Crippen LogP contribution in [0.3, 0.4) is 0 Å². The van der Waals surface area contributed by atoms with Crippen molar-refractivity contribution in [1.29, 1.82) is 0 Å². The molecule has 0 amide bonds. The number of rotatable bonds is 6. The molecular formula is C13H18FNO. The first-order chi connectivity index (χ1) is 7.65. The second kappa shape index (κ2) is 6.26. The van der Waals surface area contributed by atoms with Crippen molar-refractivity contribution in [1.82, 2.24) is 0 Å². The Morgan fingerprint density at radius 2 is 2.06 bits per heavy atom. The average molecular weight is 223 g/mol. The fourth-order valence-electron chi connectivity index (χ4n) is 1.56. The zero-order chi connectivity index (χ0) is 12.0. The number of hydrogen-bond donors (Lipinski definition) is 1. The average Bonchev–Trinajstić information content (AvgIpc) is 2.28. The second-order valence-corrected chi connectivity index (χ2v) is 3.97. The van der Waals surface area contributed by atoms with Crippen LogP contribution in [-0.4, -0.2) is 5.78 Å². The summed E-state index contributed by atoms with van der Waals surface area (Å²) in [6.45, 7) is 2.12. The molecule has 0 aliphatic carbocycles. The molecule has 0 aliphatic rings. The highest BCUT2D eigenvalue weighted by molar-refractivity contribution is 5.96. The van der Waals surface area contributed by atoms with E-state index in [2.05, 4.69) is 6.92 Å². The lowest BCUT2D eigenvalue weighted by molar-refractivity contribution is 0.0978. The molecular weight excluding hydrogens is 205 g/mol. The van der Waals surface area contributed by atoms with Crippen LogP contribution in [0.2, 0.25) is 0 Å². The van der Waals surface area contributed by atoms with Gasteiger partial charge in [-0.15, -0.1) is 0 Å². The van der Waals surface area contributed by atoms with Crippen molar-refractivity contribution in [2.24, 2.45) is 0 Å². The summed E-state index contributed by atoms with van der Waals surface area (Å²) in [6.07, 6.45) is 4.70. The predicted octanol–water partition coefficient (Wildman–Crippen LogP) is 3.56. The molecule has 0 saturated heterocycles. The maximum atomic E-state index is 13.1. The number of Topliss-reactive ketones (excluding diaryl/α,β-unsaturated/α-hetero) is 1. The Bertz CT molecular complexity index is 363. The molecule has 0 radical (unpaired) electrons. The number of halogens is 1. The lowest BCUT2D eigenvalue weighted by atomic mass is 10.0. The van der Waals surface area contributed by atoms with E-state index in [4.69, 9.17) is 5.73 Å². The van der Waals surface area contributed by atoms with E-state index in [1.807, 2.05) is 0 Å². The zero-order valence-electron chi connectivity index (χ0n) is 9.63. The van der Waals surface area contributed by atoms with Crippen molar-refractivity contribution in [3.8, 4) is 0 Å². The molecule has 0 heterocycles. The van der Waals surface area contributed by atoms with E-state index in [-0.39, 0.29) is 11.5 Å². The van der Waals surface area contributed by atoms with Gasteiger partial charge in [-0.3, -0.25) is 4.79 Å². The van der Waals surface area contributed by atoms with Crippen LogP contribution in [0.25, 0.3) is 0 Å². The number of unbranched alkanes of at least 4 members (excludes halogenated alkanes) is 3. The van der Waals surface area contributed by atoms with Crippen LogP contribution in [0, 0.1) is 5.82 Å². The molecule has 16 heavy (non-hydrogen) atoms. The van der Waals surface area contributed by atoms with Crippen LogP contribution in [0.5, 0.6) is 0 Å². The number of carbonyl (C=O) groups is 1. The van der Waals surface area contributed by atoms with E-state index in [9.17, 15) is 9.18 Å². The van der Waals surface area contributed by atoms with E-state index in [1.165, 1.54) is 12.1 Å². The number of carbonyl (C=O) groups excluding carboxylic acids is 1. The van der Waals surface area contributed by atoms with Crippen molar-refractivity contribution in [3.63, 3.8) is 0 Å². The normalized spacial score (nSPS) is 10.4. The summed E-state index contributed by atoms with van der Waals surface area (Å²) in [6, 6.07) is 4.24. The molecule has 0 aliphatic heterocycles. The van der Waals surface area contributed by atoms with Crippen molar-refractivity contribution >= 4 is 11.5 Å². The minimum absolute atomic E-state index is 0.00463. The van der Waals surface area contributed by atoms with Crippen LogP contribution in [0.15, 0.2) is 18.2 Å². The van der Waals surface area contributed by atoms with Crippen molar-refractivity contribution in [3.05, 3.63) is 29.6 Å². The summed E-state index contributed by atoms with van der Waals surface area (Å²) in [7, 11) is 0. The molecule has 0 atom stereocenters. The lowest BCUT2D eigenvalue weighted by Crippen LogP contribution is -2.01. The number of hydrogen-bond acceptors (Lipinski definition) is 2. The number of nitrogen functional groups attached to an aromatic ring is 1. The summed E-state index contributed by atoms with van der Waals surface area (Å²) in [5.74, 6) is -0.519. The van der Waals surface area contributed by atoms with Crippen molar-refractivity contribution in [2.75, 3.05) is 5.73 Å². The highest BCUT2D eigenvalue weighted by atomic mass is 19.1. The third-order valence-corrected chi connectivity index (χ3v) is 2.58. The predicted molar refractivity (Wildman–Crippen MR) is 63.9 cm³/mol. The Hall–Kier alpha value is -1.38. The molecule has 1 aromatic rings. The summed E-state index contributed by atoms with van der Waals surface area (Å²) in [5, 5.41) is 0. The maximum absolute atomic E-state index is 13.1. The maximum Gasteiger partial charge on any atom is 0.162 e. The van der Waals surface area contributed by atoms with E-state index >= 15 is 0 Å². The monoisotopic (exact) mass is 223 g/mol. The van der Waals surface area contributed by atoms with Crippen molar-refractivity contribution < 1.29 is 9.18 Å². The quantitative estimate of drug-likeness (QED) is 0.455. The first kappa shape index (κ1) is 12.7. The fourth-order valence-corrected chi connectivity index (χ4v) is 1.56. The molecule has 0 aromatic heterocycles. The zero-order valence-corrected chi connectivity index (χ0v) is 9.63. The molecule has 2 nitrogen and oxygen atoms in total. The van der Waals surface area contributed by atoms with Crippen LogP contribution < -0.4 is 5.73 Å². The number of nitrogens with two attached hydrogens (primary N) is 1. The van der Waals surface area contributed by atoms with Gasteiger partial charge in [0.2, 0.25) is 0 Å². The SMILES string of the molecule is CCCCCCC(=O)c1ccc(N)c(F)c1. The summed E-state index contributed by atoms with van der Waals surface area (Å²) >= 11 is 0. The van der Waals surface area contributed by atoms with Gasteiger partial charge in [0.15, 0.2) is 5.78 Å². The summed E-state index contributed by atoms with van der Waals surface area (Å²) < 4.78 is 13.1. The third-order valence-electron chi connectivity index (χ3n) is 2.58. The number of benzene rings is 1. The van der Waals surface area contributed by atoms with Gasteiger partial charge in [-0.1, -0.05) is 26.2 Å². The summed E-state index contributed by atoms with van der Waals surface area (Å²) in [5.41, 5.74) is 5.85. The Labute approximate surface area is 95.7 Å². The highest BCUT2D eigenvalue weighted by Gasteiger charge is 2.07. The minimum Gasteiger partial charge on any atom is -0.396 e. The molecule has 0 unspecified atom stereocenters. The Balaban J connectivity index is 2.50. The Kier molecular flexibility index (Phi) is 4.96. The van der Waals surface area contributed by atoms with Gasteiger partial charge in [0.05, 0.1) is 5.69 Å². The van der Waals surface area contributed by atoms with E-state index in [0.717, 1.165) is 25.7 Å². The smallest absolute Gasteiger partial charge is 0.162 e.